The van der Waals surface area contributed by atoms with Gasteiger partial charge in [0.15, 0.2) is 0 Å². The maximum Gasteiger partial charge on any atom is 0.0597 e. The molecule has 0 fully saturated rings. The van der Waals surface area contributed by atoms with Gasteiger partial charge in [-0.05, 0) is 47.5 Å². The molecule has 1 atom stereocenters. The molecule has 2 heteroatoms. The third-order valence-electron chi connectivity index (χ3n) is 3.98. The molecule has 0 aliphatic heterocycles. The van der Waals surface area contributed by atoms with Crippen molar-refractivity contribution >= 4 is 22.4 Å². The Balaban J connectivity index is 2.27. The van der Waals surface area contributed by atoms with Gasteiger partial charge in [-0.15, -0.1) is 0 Å². The average molecular weight is 296 g/mol. The Kier molecular flexibility index (Phi) is 3.96. The van der Waals surface area contributed by atoms with Gasteiger partial charge in [-0.25, -0.2) is 0 Å². The largest absolute Gasteiger partial charge is 0.309 e. The number of nitrogens with one attached hydrogen (secondary N) is 1. The van der Waals surface area contributed by atoms with Gasteiger partial charge in [-0.3, -0.25) is 0 Å². The molecule has 1 nitrogen and oxygen atoms in total. The third-order valence-corrected chi connectivity index (χ3v) is 4.33. The fourth-order valence-electron chi connectivity index (χ4n) is 2.95. The fraction of sp³-hybridized carbons (Fsp3) is 0.158. The van der Waals surface area contributed by atoms with Crippen molar-refractivity contribution in [3.8, 4) is 0 Å². The molecule has 0 radical (unpaired) electrons. The quantitative estimate of drug-likeness (QED) is 0.708. The second-order valence-electron chi connectivity index (χ2n) is 5.26. The van der Waals surface area contributed by atoms with Gasteiger partial charge < -0.3 is 5.32 Å². The van der Waals surface area contributed by atoms with Crippen LogP contribution >= 0.6 is 11.6 Å². The van der Waals surface area contributed by atoms with E-state index >= 15 is 0 Å². The molecule has 0 saturated carbocycles. The summed E-state index contributed by atoms with van der Waals surface area (Å²) in [6.45, 7) is 2.16. The number of halogens is 1. The average Bonchev–Trinajstić information content (AvgIpc) is 2.51. The lowest BCUT2D eigenvalue weighted by Crippen LogP contribution is -2.19. The lowest BCUT2D eigenvalue weighted by Gasteiger charge is -2.22. The second kappa shape index (κ2) is 5.88. The predicted molar refractivity (Wildman–Crippen MR) is 91.0 cm³/mol. The molecule has 3 aromatic rings. The summed E-state index contributed by atoms with van der Waals surface area (Å²) in [4.78, 5) is 0. The Morgan fingerprint density at radius 1 is 0.905 bits per heavy atom. The van der Waals surface area contributed by atoms with E-state index in [9.17, 15) is 0 Å². The van der Waals surface area contributed by atoms with E-state index < -0.39 is 0 Å². The second-order valence-corrected chi connectivity index (χ2v) is 5.67. The van der Waals surface area contributed by atoms with Crippen molar-refractivity contribution in [1.29, 1.82) is 0 Å². The highest BCUT2D eigenvalue weighted by Gasteiger charge is 2.19. The zero-order chi connectivity index (χ0) is 14.8. The molecule has 0 aliphatic rings. The van der Waals surface area contributed by atoms with Crippen LogP contribution in [0, 0.1) is 6.92 Å². The Morgan fingerprint density at radius 3 is 2.38 bits per heavy atom. The van der Waals surface area contributed by atoms with Crippen molar-refractivity contribution in [2.75, 3.05) is 7.05 Å². The summed E-state index contributed by atoms with van der Waals surface area (Å²) in [5, 5.41) is 6.75. The number of hydrogen-bond donors (Lipinski definition) is 1. The Bertz CT molecular complexity index is 779. The molecule has 0 aromatic heterocycles. The smallest absolute Gasteiger partial charge is 0.0597 e. The Labute approximate surface area is 130 Å². The van der Waals surface area contributed by atoms with Crippen LogP contribution in [0.25, 0.3) is 10.8 Å². The van der Waals surface area contributed by atoms with Crippen LogP contribution in [-0.2, 0) is 0 Å². The van der Waals surface area contributed by atoms with E-state index in [0.717, 1.165) is 10.6 Å². The van der Waals surface area contributed by atoms with Crippen LogP contribution in [0.4, 0.5) is 0 Å². The van der Waals surface area contributed by atoms with Crippen LogP contribution in [0.5, 0.6) is 0 Å². The molecule has 0 heterocycles. The molecule has 0 bridgehead atoms. The van der Waals surface area contributed by atoms with E-state index in [1.54, 1.807) is 0 Å². The molecule has 1 unspecified atom stereocenters. The monoisotopic (exact) mass is 295 g/mol. The van der Waals surface area contributed by atoms with E-state index in [-0.39, 0.29) is 6.04 Å². The zero-order valence-electron chi connectivity index (χ0n) is 12.2. The highest BCUT2D eigenvalue weighted by Crippen LogP contribution is 2.34. The number of benzene rings is 3. The van der Waals surface area contributed by atoms with Gasteiger partial charge in [-0.1, -0.05) is 66.2 Å². The minimum Gasteiger partial charge on any atom is -0.309 e. The highest BCUT2D eigenvalue weighted by molar-refractivity contribution is 6.31. The van der Waals surface area contributed by atoms with Crippen molar-refractivity contribution in [1.82, 2.24) is 5.32 Å². The Morgan fingerprint density at radius 2 is 1.62 bits per heavy atom. The lowest BCUT2D eigenvalue weighted by atomic mass is 9.90. The standard InChI is InChI=1S/C19H18ClN/c1-13-11-12-14-7-3-4-8-15(14)18(13)19(21-2)16-9-5-6-10-17(16)20/h3-12,19,21H,1-2H3. The van der Waals surface area contributed by atoms with Crippen molar-refractivity contribution < 1.29 is 0 Å². The van der Waals surface area contributed by atoms with Crippen molar-refractivity contribution in [2.45, 2.75) is 13.0 Å². The van der Waals surface area contributed by atoms with Crippen molar-refractivity contribution in [2.24, 2.45) is 0 Å². The molecule has 1 N–H and O–H groups in total. The lowest BCUT2D eigenvalue weighted by molar-refractivity contribution is 0.693. The summed E-state index contributed by atoms with van der Waals surface area (Å²) < 4.78 is 0. The van der Waals surface area contributed by atoms with Crippen LogP contribution in [0.15, 0.2) is 60.7 Å². The van der Waals surface area contributed by atoms with Gasteiger partial charge in [0.1, 0.15) is 0 Å². The first-order valence-electron chi connectivity index (χ1n) is 7.12. The number of aryl methyl sites for hydroxylation is 1. The van der Waals surface area contributed by atoms with Gasteiger partial charge in [0.25, 0.3) is 0 Å². The van der Waals surface area contributed by atoms with Crippen LogP contribution < -0.4 is 5.32 Å². The third kappa shape index (κ3) is 2.55. The van der Waals surface area contributed by atoms with E-state index in [1.165, 1.54) is 21.9 Å². The fourth-order valence-corrected chi connectivity index (χ4v) is 3.20. The topological polar surface area (TPSA) is 12.0 Å². The predicted octanol–water partition coefficient (Wildman–Crippen LogP) is 5.11. The Hall–Kier alpha value is -1.83. The maximum absolute atomic E-state index is 6.41. The van der Waals surface area contributed by atoms with Crippen LogP contribution in [0.1, 0.15) is 22.7 Å². The van der Waals surface area contributed by atoms with Crippen LogP contribution in [-0.4, -0.2) is 7.05 Å². The zero-order valence-corrected chi connectivity index (χ0v) is 13.0. The first-order valence-corrected chi connectivity index (χ1v) is 7.50. The summed E-state index contributed by atoms with van der Waals surface area (Å²) in [6.07, 6.45) is 0. The van der Waals surface area contributed by atoms with E-state index in [2.05, 4.69) is 54.7 Å². The van der Waals surface area contributed by atoms with E-state index in [4.69, 9.17) is 11.6 Å². The molecule has 0 aliphatic carbocycles. The number of hydrogen-bond acceptors (Lipinski definition) is 1. The molecule has 21 heavy (non-hydrogen) atoms. The first kappa shape index (κ1) is 14.1. The van der Waals surface area contributed by atoms with E-state index in [1.807, 2.05) is 25.2 Å². The molecule has 3 rings (SSSR count). The van der Waals surface area contributed by atoms with Gasteiger partial charge in [0.2, 0.25) is 0 Å². The molecular weight excluding hydrogens is 278 g/mol. The summed E-state index contributed by atoms with van der Waals surface area (Å²) in [5.74, 6) is 0. The first-order chi connectivity index (χ1) is 10.2. The summed E-state index contributed by atoms with van der Waals surface area (Å²) >= 11 is 6.41. The summed E-state index contributed by atoms with van der Waals surface area (Å²) in [6, 6.07) is 21.0. The van der Waals surface area contributed by atoms with Gasteiger partial charge in [0, 0.05) is 5.02 Å². The normalized spacial score (nSPS) is 12.5. The summed E-state index contributed by atoms with van der Waals surface area (Å²) in [7, 11) is 1.98. The van der Waals surface area contributed by atoms with Gasteiger partial charge in [0.05, 0.1) is 6.04 Å². The molecule has 0 amide bonds. The molecule has 0 spiro atoms. The molecule has 0 saturated heterocycles. The molecule has 106 valence electrons. The van der Waals surface area contributed by atoms with Crippen molar-refractivity contribution in [3.63, 3.8) is 0 Å². The van der Waals surface area contributed by atoms with Gasteiger partial charge in [-0.2, -0.15) is 0 Å². The molecule has 3 aromatic carbocycles. The number of rotatable bonds is 3. The molecular formula is C19H18ClN. The SMILES string of the molecule is CNC(c1ccccc1Cl)c1c(C)ccc2ccccc12. The van der Waals surface area contributed by atoms with Gasteiger partial charge >= 0.3 is 0 Å². The minimum atomic E-state index is 0.0878. The van der Waals surface area contributed by atoms with Crippen LogP contribution in [0.3, 0.4) is 0 Å². The van der Waals surface area contributed by atoms with Crippen LogP contribution in [0.2, 0.25) is 5.02 Å². The maximum atomic E-state index is 6.41. The summed E-state index contributed by atoms with van der Waals surface area (Å²) in [5.41, 5.74) is 3.68. The van der Waals surface area contributed by atoms with E-state index in [0.29, 0.717) is 0 Å². The number of fused-ring (bicyclic) bond motifs is 1. The highest BCUT2D eigenvalue weighted by atomic mass is 35.5. The van der Waals surface area contributed by atoms with Crippen molar-refractivity contribution in [3.05, 3.63) is 82.4 Å². The minimum absolute atomic E-state index is 0.0878.